The van der Waals surface area contributed by atoms with Gasteiger partial charge in [0.25, 0.3) is 5.69 Å². The van der Waals surface area contributed by atoms with E-state index in [1.165, 1.54) is 24.3 Å². The van der Waals surface area contributed by atoms with Crippen molar-refractivity contribution >= 4 is 16.6 Å². The second-order valence-corrected chi connectivity index (χ2v) is 6.09. The highest BCUT2D eigenvalue weighted by Gasteiger charge is 2.13. The average molecular weight is 376 g/mol. The van der Waals surface area contributed by atoms with Crippen LogP contribution in [0.4, 0.5) is 5.69 Å². The van der Waals surface area contributed by atoms with Gasteiger partial charge in [0.05, 0.1) is 17.5 Å². The molecule has 2 aromatic carbocycles. The van der Waals surface area contributed by atoms with Gasteiger partial charge in [-0.25, -0.2) is 4.98 Å². The molecule has 0 spiro atoms. The number of hydrogen-bond donors (Lipinski definition) is 0. The molecule has 0 aliphatic heterocycles. The standard InChI is InChI=1S/C20H16N4O4/c1-13-12-21-20(28-15-8-6-14(7-9-15)24(25)26)22-19(13)23-11-10-16-17(23)4-3-5-18(16)27-2/h3-12H,1-2H3. The fraction of sp³-hybridized carbons (Fsp3) is 0.100. The minimum absolute atomic E-state index is 0.00868. The number of nitrogens with zero attached hydrogens (tertiary/aromatic N) is 4. The Bertz CT molecular complexity index is 1170. The SMILES string of the molecule is COc1cccc2c1ccn2-c1nc(Oc2ccc([N+](=O)[O-])cc2)ncc1C. The molecule has 8 heteroatoms. The zero-order valence-corrected chi connectivity index (χ0v) is 15.2. The lowest BCUT2D eigenvalue weighted by molar-refractivity contribution is -0.384. The number of rotatable bonds is 5. The van der Waals surface area contributed by atoms with Crippen LogP contribution in [-0.4, -0.2) is 26.6 Å². The first kappa shape index (κ1) is 17.5. The maximum absolute atomic E-state index is 10.8. The molecular formula is C20H16N4O4. The fourth-order valence-electron chi connectivity index (χ4n) is 2.95. The van der Waals surface area contributed by atoms with E-state index in [0.717, 1.165) is 22.2 Å². The van der Waals surface area contributed by atoms with Crippen molar-refractivity contribution in [1.29, 1.82) is 0 Å². The number of methoxy groups -OCH3 is 1. The summed E-state index contributed by atoms with van der Waals surface area (Å²) in [7, 11) is 1.64. The molecule has 4 aromatic rings. The van der Waals surface area contributed by atoms with Crippen molar-refractivity contribution in [1.82, 2.24) is 14.5 Å². The van der Waals surface area contributed by atoms with E-state index in [-0.39, 0.29) is 11.7 Å². The number of fused-ring (bicyclic) bond motifs is 1. The Morgan fingerprint density at radius 2 is 1.89 bits per heavy atom. The van der Waals surface area contributed by atoms with Crippen LogP contribution in [0.1, 0.15) is 5.56 Å². The van der Waals surface area contributed by atoms with Crippen molar-refractivity contribution in [2.45, 2.75) is 6.92 Å². The van der Waals surface area contributed by atoms with E-state index in [2.05, 4.69) is 9.97 Å². The molecule has 0 saturated heterocycles. The normalized spacial score (nSPS) is 10.8. The van der Waals surface area contributed by atoms with Crippen LogP contribution < -0.4 is 9.47 Å². The van der Waals surface area contributed by atoms with Gasteiger partial charge >= 0.3 is 6.01 Å². The first-order valence-corrected chi connectivity index (χ1v) is 8.47. The van der Waals surface area contributed by atoms with Crippen LogP contribution in [0.2, 0.25) is 0 Å². The molecule has 28 heavy (non-hydrogen) atoms. The van der Waals surface area contributed by atoms with Crippen LogP contribution in [0, 0.1) is 17.0 Å². The third-order valence-electron chi connectivity index (χ3n) is 4.32. The molecule has 0 aliphatic rings. The Morgan fingerprint density at radius 3 is 2.61 bits per heavy atom. The topological polar surface area (TPSA) is 92.3 Å². The van der Waals surface area contributed by atoms with Crippen molar-refractivity contribution < 1.29 is 14.4 Å². The van der Waals surface area contributed by atoms with E-state index < -0.39 is 4.92 Å². The third-order valence-corrected chi connectivity index (χ3v) is 4.32. The molecule has 140 valence electrons. The molecule has 4 rings (SSSR count). The minimum atomic E-state index is -0.463. The van der Waals surface area contributed by atoms with Crippen molar-refractivity contribution in [3.8, 4) is 23.3 Å². The molecule has 8 nitrogen and oxygen atoms in total. The highest BCUT2D eigenvalue weighted by atomic mass is 16.6. The van der Waals surface area contributed by atoms with Gasteiger partial charge in [0, 0.05) is 35.5 Å². The summed E-state index contributed by atoms with van der Waals surface area (Å²) in [6.07, 6.45) is 3.59. The molecule has 0 amide bonds. The average Bonchev–Trinajstić information content (AvgIpc) is 3.14. The quantitative estimate of drug-likeness (QED) is 0.378. The highest BCUT2D eigenvalue weighted by molar-refractivity contribution is 5.87. The number of nitro benzene ring substituents is 1. The Labute approximate surface area is 160 Å². The van der Waals surface area contributed by atoms with Crippen LogP contribution in [-0.2, 0) is 0 Å². The summed E-state index contributed by atoms with van der Waals surface area (Å²) >= 11 is 0. The number of hydrogen-bond acceptors (Lipinski definition) is 6. The molecule has 0 saturated carbocycles. The van der Waals surface area contributed by atoms with E-state index in [1.54, 1.807) is 13.3 Å². The Morgan fingerprint density at radius 1 is 1.11 bits per heavy atom. The molecule has 2 heterocycles. The summed E-state index contributed by atoms with van der Waals surface area (Å²) in [6, 6.07) is 13.7. The molecule has 0 fully saturated rings. The van der Waals surface area contributed by atoms with Crippen molar-refractivity contribution in [2.75, 3.05) is 7.11 Å². The van der Waals surface area contributed by atoms with Gasteiger partial charge in [0.15, 0.2) is 0 Å². The van der Waals surface area contributed by atoms with Crippen LogP contribution in [0.3, 0.4) is 0 Å². The van der Waals surface area contributed by atoms with E-state index in [0.29, 0.717) is 11.6 Å². The second-order valence-electron chi connectivity index (χ2n) is 6.09. The predicted molar refractivity (Wildman–Crippen MR) is 103 cm³/mol. The monoisotopic (exact) mass is 376 g/mol. The number of non-ortho nitro benzene ring substituents is 1. The summed E-state index contributed by atoms with van der Waals surface area (Å²) in [5.74, 6) is 1.87. The van der Waals surface area contributed by atoms with E-state index in [4.69, 9.17) is 9.47 Å². The van der Waals surface area contributed by atoms with Crippen LogP contribution >= 0.6 is 0 Å². The largest absolute Gasteiger partial charge is 0.496 e. The van der Waals surface area contributed by atoms with Crippen molar-refractivity contribution in [3.05, 3.63) is 76.6 Å². The summed E-state index contributed by atoms with van der Waals surface area (Å²) < 4.78 is 13.0. The van der Waals surface area contributed by atoms with Gasteiger partial charge in [0.2, 0.25) is 0 Å². The summed E-state index contributed by atoms with van der Waals surface area (Å²) in [4.78, 5) is 19.0. The van der Waals surface area contributed by atoms with E-state index >= 15 is 0 Å². The van der Waals surface area contributed by atoms with Gasteiger partial charge in [0.1, 0.15) is 17.3 Å². The molecule has 0 radical (unpaired) electrons. The van der Waals surface area contributed by atoms with Crippen LogP contribution in [0.15, 0.2) is 60.9 Å². The molecule has 0 unspecified atom stereocenters. The fourth-order valence-corrected chi connectivity index (χ4v) is 2.95. The van der Waals surface area contributed by atoms with Gasteiger partial charge < -0.3 is 14.0 Å². The van der Waals surface area contributed by atoms with Crippen molar-refractivity contribution in [3.63, 3.8) is 0 Å². The molecule has 0 N–H and O–H groups in total. The molecule has 0 atom stereocenters. The number of aromatic nitrogens is 3. The van der Waals surface area contributed by atoms with Gasteiger partial charge in [-0.15, -0.1) is 0 Å². The first-order valence-electron chi connectivity index (χ1n) is 8.47. The Kier molecular flexibility index (Phi) is 4.36. The second kappa shape index (κ2) is 6.99. The highest BCUT2D eigenvalue weighted by Crippen LogP contribution is 2.29. The van der Waals surface area contributed by atoms with Crippen molar-refractivity contribution in [2.24, 2.45) is 0 Å². The summed E-state index contributed by atoms with van der Waals surface area (Å²) in [5.41, 5.74) is 1.81. The number of benzene rings is 2. The zero-order chi connectivity index (χ0) is 19.7. The zero-order valence-electron chi connectivity index (χ0n) is 15.2. The third kappa shape index (κ3) is 3.11. The predicted octanol–water partition coefficient (Wildman–Crippen LogP) is 4.44. The summed E-state index contributed by atoms with van der Waals surface area (Å²) in [6.45, 7) is 1.91. The van der Waals surface area contributed by atoms with Gasteiger partial charge in [-0.05, 0) is 37.3 Å². The first-order chi connectivity index (χ1) is 13.6. The maximum atomic E-state index is 10.8. The van der Waals surface area contributed by atoms with Gasteiger partial charge in [-0.1, -0.05) is 6.07 Å². The van der Waals surface area contributed by atoms with E-state index in [1.807, 2.05) is 42.0 Å². The lowest BCUT2D eigenvalue weighted by Gasteiger charge is -2.10. The number of aryl methyl sites for hydroxylation is 1. The molecule has 0 aliphatic carbocycles. The van der Waals surface area contributed by atoms with Gasteiger partial charge in [-0.3, -0.25) is 10.1 Å². The van der Waals surface area contributed by atoms with E-state index in [9.17, 15) is 10.1 Å². The minimum Gasteiger partial charge on any atom is -0.496 e. The lowest BCUT2D eigenvalue weighted by atomic mass is 10.2. The smallest absolute Gasteiger partial charge is 0.323 e. The summed E-state index contributed by atoms with van der Waals surface area (Å²) in [5, 5.41) is 11.7. The molecule has 2 aromatic heterocycles. The Balaban J connectivity index is 1.71. The van der Waals surface area contributed by atoms with Crippen LogP contribution in [0.25, 0.3) is 16.7 Å². The van der Waals surface area contributed by atoms with Crippen LogP contribution in [0.5, 0.6) is 17.5 Å². The lowest BCUT2D eigenvalue weighted by Crippen LogP contribution is -2.02. The molecular weight excluding hydrogens is 360 g/mol. The number of nitro groups is 1. The Hall–Kier alpha value is -3.94. The van der Waals surface area contributed by atoms with Gasteiger partial charge in [-0.2, -0.15) is 4.98 Å². The maximum Gasteiger partial charge on any atom is 0.323 e. The molecule has 0 bridgehead atoms. The number of ether oxygens (including phenoxy) is 2.